The molecular formula is C31H34N2O6S. The zero-order chi connectivity index (χ0) is 28.3. The number of benzene rings is 3. The van der Waals surface area contributed by atoms with E-state index in [0.29, 0.717) is 42.8 Å². The molecule has 1 atom stereocenters. The Kier molecular flexibility index (Phi) is 8.25. The molecule has 0 radical (unpaired) electrons. The summed E-state index contributed by atoms with van der Waals surface area (Å²) in [4.78, 5) is 12.5. The van der Waals surface area contributed by atoms with Crippen LogP contribution in [0.25, 0.3) is 22.0 Å². The van der Waals surface area contributed by atoms with Crippen LogP contribution < -0.4 is 10.5 Å². The van der Waals surface area contributed by atoms with E-state index in [1.54, 1.807) is 20.2 Å². The molecule has 1 aliphatic rings. The summed E-state index contributed by atoms with van der Waals surface area (Å²) in [5.74, 6) is 0.193. The van der Waals surface area contributed by atoms with Gasteiger partial charge < -0.3 is 19.9 Å². The fraction of sp³-hybridized carbons (Fsp3) is 0.323. The van der Waals surface area contributed by atoms with Crippen molar-refractivity contribution in [3.05, 3.63) is 89.6 Å². The number of methoxy groups -OCH3 is 1. The number of nitrogens with two attached hydrogens (primary N) is 1. The predicted molar refractivity (Wildman–Crippen MR) is 155 cm³/mol. The van der Waals surface area contributed by atoms with Gasteiger partial charge in [-0.3, -0.25) is 4.79 Å². The highest BCUT2D eigenvalue weighted by Crippen LogP contribution is 2.36. The van der Waals surface area contributed by atoms with Crippen LogP contribution in [0.4, 0.5) is 0 Å². The van der Waals surface area contributed by atoms with E-state index in [2.05, 4.69) is 0 Å². The average molecular weight is 563 g/mol. The molecule has 4 aromatic rings. The number of carbonyl (C=O) groups is 1. The lowest BCUT2D eigenvalue weighted by atomic mass is 9.97. The highest BCUT2D eigenvalue weighted by atomic mass is 32.2. The molecule has 0 aliphatic heterocycles. The van der Waals surface area contributed by atoms with Crippen LogP contribution in [0.15, 0.2) is 72.9 Å². The molecule has 0 saturated heterocycles. The minimum absolute atomic E-state index is 0.0584. The maximum absolute atomic E-state index is 13.2. The van der Waals surface area contributed by atoms with Crippen LogP contribution in [-0.4, -0.2) is 43.4 Å². The van der Waals surface area contributed by atoms with E-state index in [1.807, 2.05) is 66.7 Å². The molecule has 9 heteroatoms. The van der Waals surface area contributed by atoms with Gasteiger partial charge in [-0.25, -0.2) is 12.4 Å². The largest absolute Gasteiger partial charge is 0.489 e. The van der Waals surface area contributed by atoms with Gasteiger partial charge in [0.05, 0.1) is 23.8 Å². The molecule has 1 saturated carbocycles. The fourth-order valence-corrected chi connectivity index (χ4v) is 6.56. The van der Waals surface area contributed by atoms with Gasteiger partial charge in [0.15, 0.2) is 0 Å². The Morgan fingerprint density at radius 3 is 2.60 bits per heavy atom. The number of aromatic nitrogens is 1. The Bertz CT molecular complexity index is 1620. The molecule has 1 aliphatic carbocycles. The number of nitrogens with zero attached hydrogens (tertiary/aromatic N) is 1. The Labute approximate surface area is 234 Å². The standard InChI is InChI=1S/C31H34N2O6S/c1-21(19-37-2)39-31(34)17-25-7-3-4-9-30(25)38-20-23-15-28(24-8-5-6-22(14-24)18-32)27-12-13-33(29(27)16-23)40(35,36)26-10-11-26/h3-9,12-16,21,26H,10-11,17-20,32H2,1-2H3. The van der Waals surface area contributed by atoms with Crippen molar-refractivity contribution in [1.82, 2.24) is 3.97 Å². The van der Waals surface area contributed by atoms with E-state index in [1.165, 1.54) is 3.97 Å². The van der Waals surface area contributed by atoms with E-state index in [4.69, 9.17) is 19.9 Å². The third-order valence-electron chi connectivity index (χ3n) is 6.96. The van der Waals surface area contributed by atoms with Gasteiger partial charge in [-0.2, -0.15) is 0 Å². The van der Waals surface area contributed by atoms with E-state index in [0.717, 1.165) is 27.6 Å². The SMILES string of the molecule is COCC(C)OC(=O)Cc1ccccc1OCc1cc(-c2cccc(CN)c2)c2ccn(S(=O)(=O)C3CC3)c2c1. The highest BCUT2D eigenvalue weighted by Gasteiger charge is 2.37. The first-order valence-electron chi connectivity index (χ1n) is 13.4. The predicted octanol–water partition coefficient (Wildman–Crippen LogP) is 4.81. The van der Waals surface area contributed by atoms with Gasteiger partial charge in [0.1, 0.15) is 18.5 Å². The van der Waals surface area contributed by atoms with E-state index in [-0.39, 0.29) is 30.4 Å². The first-order valence-corrected chi connectivity index (χ1v) is 14.9. The van der Waals surface area contributed by atoms with Gasteiger partial charge in [-0.1, -0.05) is 36.4 Å². The number of esters is 1. The van der Waals surface area contributed by atoms with Crippen molar-refractivity contribution in [2.24, 2.45) is 5.73 Å². The molecule has 0 bridgehead atoms. The number of para-hydroxylation sites is 1. The van der Waals surface area contributed by atoms with Gasteiger partial charge in [0.25, 0.3) is 0 Å². The molecule has 8 nitrogen and oxygen atoms in total. The number of ether oxygens (including phenoxy) is 3. The normalized spacial score (nSPS) is 14.3. The second-order valence-corrected chi connectivity index (χ2v) is 12.3. The second kappa shape index (κ2) is 11.8. The first-order chi connectivity index (χ1) is 19.3. The van der Waals surface area contributed by atoms with Crippen LogP contribution in [0, 0.1) is 0 Å². The molecule has 1 heterocycles. The molecule has 1 fully saturated rings. The quantitative estimate of drug-likeness (QED) is 0.247. The van der Waals surface area contributed by atoms with Crippen molar-refractivity contribution in [2.45, 2.75) is 50.7 Å². The number of hydrogen-bond donors (Lipinski definition) is 1. The van der Waals surface area contributed by atoms with Crippen LogP contribution in [0.5, 0.6) is 5.75 Å². The maximum atomic E-state index is 13.2. The lowest BCUT2D eigenvalue weighted by Gasteiger charge is -2.15. The van der Waals surface area contributed by atoms with Gasteiger partial charge in [0.2, 0.25) is 10.0 Å². The molecule has 210 valence electrons. The molecular weight excluding hydrogens is 528 g/mol. The molecule has 0 spiro atoms. The molecule has 3 aromatic carbocycles. The van der Waals surface area contributed by atoms with Crippen LogP contribution in [0.2, 0.25) is 0 Å². The Hall–Kier alpha value is -3.66. The Balaban J connectivity index is 1.47. The molecule has 5 rings (SSSR count). The Morgan fingerprint density at radius 2 is 1.85 bits per heavy atom. The van der Waals surface area contributed by atoms with Crippen LogP contribution in [-0.2, 0) is 43.9 Å². The van der Waals surface area contributed by atoms with Crippen molar-refractivity contribution >= 4 is 26.9 Å². The fourth-order valence-electron chi connectivity index (χ4n) is 4.85. The monoisotopic (exact) mass is 562 g/mol. The lowest BCUT2D eigenvalue weighted by molar-refractivity contribution is -0.149. The summed E-state index contributed by atoms with van der Waals surface area (Å²) in [5.41, 5.74) is 10.9. The summed E-state index contributed by atoms with van der Waals surface area (Å²) < 4.78 is 44.6. The third kappa shape index (κ3) is 6.06. The molecule has 40 heavy (non-hydrogen) atoms. The minimum Gasteiger partial charge on any atom is -0.489 e. The average Bonchev–Trinajstić information content (AvgIpc) is 3.72. The zero-order valence-electron chi connectivity index (χ0n) is 22.7. The summed E-state index contributed by atoms with van der Waals surface area (Å²) in [5, 5.41) is 0.501. The Morgan fingerprint density at radius 1 is 1.05 bits per heavy atom. The topological polar surface area (TPSA) is 110 Å². The number of fused-ring (bicyclic) bond motifs is 1. The van der Waals surface area contributed by atoms with Gasteiger partial charge in [0, 0.05) is 30.8 Å². The smallest absolute Gasteiger partial charge is 0.310 e. The van der Waals surface area contributed by atoms with Crippen LogP contribution in [0.3, 0.4) is 0 Å². The van der Waals surface area contributed by atoms with E-state index < -0.39 is 10.0 Å². The summed E-state index contributed by atoms with van der Waals surface area (Å²) in [6, 6.07) is 21.0. The van der Waals surface area contributed by atoms with Gasteiger partial charge in [-0.05, 0) is 72.4 Å². The van der Waals surface area contributed by atoms with Crippen molar-refractivity contribution in [3.63, 3.8) is 0 Å². The van der Waals surface area contributed by atoms with Crippen LogP contribution in [0.1, 0.15) is 36.5 Å². The lowest BCUT2D eigenvalue weighted by Crippen LogP contribution is -2.21. The summed E-state index contributed by atoms with van der Waals surface area (Å²) in [6.07, 6.45) is 2.71. The van der Waals surface area contributed by atoms with E-state index >= 15 is 0 Å². The van der Waals surface area contributed by atoms with E-state index in [9.17, 15) is 13.2 Å². The van der Waals surface area contributed by atoms with Crippen molar-refractivity contribution < 1.29 is 27.4 Å². The van der Waals surface area contributed by atoms with Crippen LogP contribution >= 0.6 is 0 Å². The maximum Gasteiger partial charge on any atom is 0.310 e. The summed E-state index contributed by atoms with van der Waals surface area (Å²) >= 11 is 0. The minimum atomic E-state index is -3.48. The molecule has 1 aromatic heterocycles. The zero-order valence-corrected chi connectivity index (χ0v) is 23.5. The highest BCUT2D eigenvalue weighted by molar-refractivity contribution is 7.91. The number of hydrogen-bond acceptors (Lipinski definition) is 7. The van der Waals surface area contributed by atoms with Crippen molar-refractivity contribution in [1.29, 1.82) is 0 Å². The molecule has 0 amide bonds. The summed E-state index contributed by atoms with van der Waals surface area (Å²) in [7, 11) is -1.92. The number of rotatable bonds is 12. The number of carbonyl (C=O) groups excluding carboxylic acids is 1. The summed E-state index contributed by atoms with van der Waals surface area (Å²) in [6.45, 7) is 2.68. The van der Waals surface area contributed by atoms with Crippen molar-refractivity contribution in [2.75, 3.05) is 13.7 Å². The second-order valence-electron chi connectivity index (χ2n) is 10.2. The molecule has 1 unspecified atom stereocenters. The van der Waals surface area contributed by atoms with Gasteiger partial charge in [-0.15, -0.1) is 0 Å². The van der Waals surface area contributed by atoms with Gasteiger partial charge >= 0.3 is 5.97 Å². The van der Waals surface area contributed by atoms with Crippen molar-refractivity contribution in [3.8, 4) is 16.9 Å². The molecule has 2 N–H and O–H groups in total. The first kappa shape index (κ1) is 27.9. The third-order valence-corrected chi connectivity index (χ3v) is 9.14.